The number of hydrogen-bond donors (Lipinski definition) is 0. The summed E-state index contributed by atoms with van der Waals surface area (Å²) in [6, 6.07) is 5.02. The smallest absolute Gasteiger partial charge is 0.263 e. The summed E-state index contributed by atoms with van der Waals surface area (Å²) >= 11 is 0. The Bertz CT molecular complexity index is 631. The lowest BCUT2D eigenvalue weighted by molar-refractivity contribution is 0.602. The Kier molecular flexibility index (Phi) is 2.67. The third-order valence-corrected chi connectivity index (χ3v) is 3.73. The quantitative estimate of drug-likeness (QED) is 0.778. The number of fused-ring (bicyclic) bond motifs is 1. The summed E-state index contributed by atoms with van der Waals surface area (Å²) < 4.78 is 24.7. The topological polar surface area (TPSA) is 52.0 Å². The van der Waals surface area contributed by atoms with Gasteiger partial charge in [0.05, 0.1) is 17.4 Å². The van der Waals surface area contributed by atoms with E-state index in [0.29, 0.717) is 11.0 Å². The number of benzene rings is 1. The van der Waals surface area contributed by atoms with Gasteiger partial charge in [0.25, 0.3) is 9.05 Å². The van der Waals surface area contributed by atoms with Crippen LogP contribution in [0.15, 0.2) is 29.4 Å². The van der Waals surface area contributed by atoms with Crippen molar-refractivity contribution < 1.29 is 8.42 Å². The minimum Gasteiger partial charge on any atom is -0.327 e. The lowest BCUT2D eigenvalue weighted by Crippen LogP contribution is -2.02. The van der Waals surface area contributed by atoms with Crippen LogP contribution >= 0.6 is 10.7 Å². The van der Waals surface area contributed by atoms with Crippen molar-refractivity contribution in [2.45, 2.75) is 24.8 Å². The van der Waals surface area contributed by atoms with Gasteiger partial charge in [0, 0.05) is 16.7 Å². The zero-order chi connectivity index (χ0) is 11.9. The molecule has 0 aliphatic carbocycles. The summed E-state index contributed by atoms with van der Waals surface area (Å²) in [4.78, 5) is 4.26. The molecule has 2 aromatic rings. The number of para-hydroxylation sites is 1. The van der Waals surface area contributed by atoms with Crippen LogP contribution in [-0.4, -0.2) is 18.0 Å². The van der Waals surface area contributed by atoms with Crippen LogP contribution in [0.5, 0.6) is 0 Å². The summed E-state index contributed by atoms with van der Waals surface area (Å²) in [5.41, 5.74) is 1.20. The van der Waals surface area contributed by atoms with Crippen LogP contribution in [0.1, 0.15) is 19.9 Å². The molecule has 2 rings (SSSR count). The van der Waals surface area contributed by atoms with Gasteiger partial charge in [-0.2, -0.15) is 0 Å². The molecule has 0 bridgehead atoms. The first-order chi connectivity index (χ1) is 7.41. The van der Waals surface area contributed by atoms with E-state index < -0.39 is 9.05 Å². The molecule has 0 N–H and O–H groups in total. The molecule has 0 amide bonds. The van der Waals surface area contributed by atoms with Crippen molar-refractivity contribution in [3.63, 3.8) is 0 Å². The average Bonchev–Trinajstić information content (AvgIpc) is 2.58. The SMILES string of the molecule is CC(C)n1cnc2cccc(S(=O)(=O)Cl)c21. The van der Waals surface area contributed by atoms with Gasteiger partial charge in [-0.05, 0) is 26.0 Å². The third kappa shape index (κ3) is 1.81. The highest BCUT2D eigenvalue weighted by molar-refractivity contribution is 8.14. The van der Waals surface area contributed by atoms with Crippen molar-refractivity contribution in [1.82, 2.24) is 9.55 Å². The Hall–Kier alpha value is -1.07. The highest BCUT2D eigenvalue weighted by atomic mass is 35.7. The van der Waals surface area contributed by atoms with E-state index in [0.717, 1.165) is 0 Å². The normalized spacial score (nSPS) is 12.5. The fraction of sp³-hybridized carbons (Fsp3) is 0.300. The number of halogens is 1. The van der Waals surface area contributed by atoms with Crippen molar-refractivity contribution >= 4 is 30.8 Å². The zero-order valence-electron chi connectivity index (χ0n) is 8.88. The number of rotatable bonds is 2. The van der Waals surface area contributed by atoms with Crippen LogP contribution in [0.4, 0.5) is 0 Å². The number of nitrogens with zero attached hydrogens (tertiary/aromatic N) is 2. The maximum Gasteiger partial charge on any atom is 0.263 e. The molecule has 1 heterocycles. The highest BCUT2D eigenvalue weighted by Gasteiger charge is 2.18. The van der Waals surface area contributed by atoms with Gasteiger partial charge in [-0.3, -0.25) is 0 Å². The summed E-state index contributed by atoms with van der Waals surface area (Å²) in [6.07, 6.45) is 1.63. The maximum atomic E-state index is 11.4. The van der Waals surface area contributed by atoms with Gasteiger partial charge in [-0.15, -0.1) is 0 Å². The van der Waals surface area contributed by atoms with Gasteiger partial charge in [-0.1, -0.05) is 6.07 Å². The van der Waals surface area contributed by atoms with Crippen LogP contribution in [0.3, 0.4) is 0 Å². The second-order valence-electron chi connectivity index (χ2n) is 3.81. The molecule has 0 atom stereocenters. The minimum atomic E-state index is -3.74. The van der Waals surface area contributed by atoms with Crippen molar-refractivity contribution in [2.24, 2.45) is 0 Å². The van der Waals surface area contributed by atoms with Crippen molar-refractivity contribution in [3.8, 4) is 0 Å². The third-order valence-electron chi connectivity index (χ3n) is 2.38. The molecular weight excluding hydrogens is 248 g/mol. The zero-order valence-corrected chi connectivity index (χ0v) is 10.5. The van der Waals surface area contributed by atoms with E-state index in [1.807, 2.05) is 13.8 Å². The van der Waals surface area contributed by atoms with E-state index in [2.05, 4.69) is 4.98 Å². The number of imidazole rings is 1. The first-order valence-corrected chi connectivity index (χ1v) is 7.12. The van der Waals surface area contributed by atoms with E-state index in [-0.39, 0.29) is 10.9 Å². The van der Waals surface area contributed by atoms with Gasteiger partial charge in [-0.25, -0.2) is 13.4 Å². The lowest BCUT2D eigenvalue weighted by Gasteiger charge is -2.09. The molecule has 0 saturated carbocycles. The van der Waals surface area contributed by atoms with Gasteiger partial charge >= 0.3 is 0 Å². The predicted molar refractivity (Wildman–Crippen MR) is 63.2 cm³/mol. The second-order valence-corrected chi connectivity index (χ2v) is 6.34. The molecular formula is C10H11ClN2O2S. The number of hydrogen-bond acceptors (Lipinski definition) is 3. The molecule has 0 saturated heterocycles. The molecule has 0 aliphatic rings. The van der Waals surface area contributed by atoms with E-state index in [1.54, 1.807) is 23.0 Å². The molecule has 0 aliphatic heterocycles. The summed E-state index contributed by atoms with van der Waals surface area (Å²) in [6.45, 7) is 3.91. The lowest BCUT2D eigenvalue weighted by atomic mass is 10.3. The fourth-order valence-electron chi connectivity index (χ4n) is 1.64. The van der Waals surface area contributed by atoms with Crippen LogP contribution in [0.25, 0.3) is 11.0 Å². The molecule has 1 aromatic carbocycles. The summed E-state index contributed by atoms with van der Waals surface area (Å²) in [5.74, 6) is 0. The fourth-order valence-corrected chi connectivity index (χ4v) is 2.70. The van der Waals surface area contributed by atoms with Crippen LogP contribution in [0, 0.1) is 0 Å². The standard InChI is InChI=1S/C10H11ClN2O2S/c1-7(2)13-6-12-8-4-3-5-9(10(8)13)16(11,14)15/h3-7H,1-2H3. The van der Waals surface area contributed by atoms with Crippen molar-refractivity contribution in [1.29, 1.82) is 0 Å². The van der Waals surface area contributed by atoms with E-state index >= 15 is 0 Å². The van der Waals surface area contributed by atoms with Crippen LogP contribution in [0.2, 0.25) is 0 Å². The molecule has 86 valence electrons. The Morgan fingerprint density at radius 3 is 2.62 bits per heavy atom. The maximum absolute atomic E-state index is 11.4. The Labute approximate surface area is 98.3 Å². The molecule has 6 heteroatoms. The van der Waals surface area contributed by atoms with E-state index in [1.165, 1.54) is 6.07 Å². The van der Waals surface area contributed by atoms with Crippen molar-refractivity contribution in [3.05, 3.63) is 24.5 Å². The first kappa shape index (κ1) is 11.4. The summed E-state index contributed by atoms with van der Waals surface area (Å²) in [5, 5.41) is 0. The Balaban J connectivity index is 2.89. The monoisotopic (exact) mass is 258 g/mol. The molecule has 0 fully saturated rings. The first-order valence-electron chi connectivity index (χ1n) is 4.81. The molecule has 1 aromatic heterocycles. The molecule has 0 radical (unpaired) electrons. The molecule has 16 heavy (non-hydrogen) atoms. The predicted octanol–water partition coefficient (Wildman–Crippen LogP) is 2.54. The molecule has 0 spiro atoms. The molecule has 0 unspecified atom stereocenters. The highest BCUT2D eigenvalue weighted by Crippen LogP contribution is 2.27. The van der Waals surface area contributed by atoms with Gasteiger partial charge in [0.15, 0.2) is 0 Å². The molecule has 4 nitrogen and oxygen atoms in total. The van der Waals surface area contributed by atoms with Gasteiger partial charge in [0.1, 0.15) is 4.90 Å². The van der Waals surface area contributed by atoms with Gasteiger partial charge < -0.3 is 4.57 Å². The van der Waals surface area contributed by atoms with Crippen molar-refractivity contribution in [2.75, 3.05) is 0 Å². The Morgan fingerprint density at radius 1 is 1.38 bits per heavy atom. The van der Waals surface area contributed by atoms with Gasteiger partial charge in [0.2, 0.25) is 0 Å². The van der Waals surface area contributed by atoms with Crippen LogP contribution < -0.4 is 0 Å². The van der Waals surface area contributed by atoms with E-state index in [4.69, 9.17) is 10.7 Å². The Morgan fingerprint density at radius 2 is 2.06 bits per heavy atom. The largest absolute Gasteiger partial charge is 0.327 e. The number of aromatic nitrogens is 2. The van der Waals surface area contributed by atoms with Crippen LogP contribution in [-0.2, 0) is 9.05 Å². The average molecular weight is 259 g/mol. The minimum absolute atomic E-state index is 0.109. The summed E-state index contributed by atoms with van der Waals surface area (Å²) in [7, 11) is 1.66. The second kappa shape index (κ2) is 3.75. The van der Waals surface area contributed by atoms with E-state index in [9.17, 15) is 8.42 Å².